The maximum atomic E-state index is 8.63. The molecule has 5 heteroatoms. The number of nitrogens with zero attached hydrogens (tertiary/aromatic N) is 4. The molecule has 1 aromatic rings. The van der Waals surface area contributed by atoms with E-state index in [1.165, 1.54) is 0 Å². The summed E-state index contributed by atoms with van der Waals surface area (Å²) in [5, 5.41) is 8.63. The number of anilines is 1. The van der Waals surface area contributed by atoms with E-state index in [1.54, 1.807) is 12.3 Å². The Hall–Kier alpha value is -0.870. The SMILES string of the molecule is CN(I)CCN(C)c1ccc(C#N)cn1. The van der Waals surface area contributed by atoms with Crippen LogP contribution >= 0.6 is 22.9 Å². The van der Waals surface area contributed by atoms with Crippen LogP contribution in [-0.4, -0.2) is 35.3 Å². The Labute approximate surface area is 104 Å². The highest BCUT2D eigenvalue weighted by atomic mass is 127. The van der Waals surface area contributed by atoms with Gasteiger partial charge in [-0.3, -0.25) is 0 Å². The molecular formula is C10H13IN4. The molecule has 0 amide bonds. The van der Waals surface area contributed by atoms with Crippen molar-refractivity contribution < 1.29 is 0 Å². The highest BCUT2D eigenvalue weighted by Gasteiger charge is 2.02. The smallest absolute Gasteiger partial charge is 0.128 e. The van der Waals surface area contributed by atoms with Crippen LogP contribution in [0.25, 0.3) is 0 Å². The molecule has 0 atom stereocenters. The van der Waals surface area contributed by atoms with Crippen molar-refractivity contribution in [1.29, 1.82) is 5.26 Å². The number of halogens is 1. The summed E-state index contributed by atoms with van der Waals surface area (Å²) in [5.74, 6) is 0.896. The van der Waals surface area contributed by atoms with Crippen LogP contribution in [0.5, 0.6) is 0 Å². The first-order chi connectivity index (χ1) is 7.13. The molecule has 4 nitrogen and oxygen atoms in total. The minimum absolute atomic E-state index is 0.596. The molecule has 0 N–H and O–H groups in total. The van der Waals surface area contributed by atoms with Crippen LogP contribution in [0.2, 0.25) is 0 Å². The molecule has 80 valence electrons. The fourth-order valence-corrected chi connectivity index (χ4v) is 1.30. The number of pyridine rings is 1. The van der Waals surface area contributed by atoms with Crippen molar-refractivity contribution in [2.75, 3.05) is 32.1 Å². The third kappa shape index (κ3) is 4.01. The predicted molar refractivity (Wildman–Crippen MR) is 68.9 cm³/mol. The summed E-state index contributed by atoms with van der Waals surface area (Å²) in [7, 11) is 4.02. The van der Waals surface area contributed by atoms with E-state index < -0.39 is 0 Å². The van der Waals surface area contributed by atoms with E-state index in [9.17, 15) is 0 Å². The molecule has 0 saturated heterocycles. The molecule has 0 bridgehead atoms. The van der Waals surface area contributed by atoms with Crippen molar-refractivity contribution in [3.63, 3.8) is 0 Å². The Bertz CT molecular complexity index is 341. The number of aromatic nitrogens is 1. The summed E-state index contributed by atoms with van der Waals surface area (Å²) in [6.07, 6.45) is 1.60. The van der Waals surface area contributed by atoms with Crippen molar-refractivity contribution in [1.82, 2.24) is 8.10 Å². The van der Waals surface area contributed by atoms with E-state index in [2.05, 4.69) is 41.9 Å². The minimum Gasteiger partial charge on any atom is -0.358 e. The molecule has 15 heavy (non-hydrogen) atoms. The van der Waals surface area contributed by atoms with Gasteiger partial charge in [-0.25, -0.2) is 8.10 Å². The van der Waals surface area contributed by atoms with Crippen LogP contribution < -0.4 is 4.90 Å². The van der Waals surface area contributed by atoms with Gasteiger partial charge >= 0.3 is 0 Å². The number of likely N-dealkylation sites (N-methyl/N-ethyl adjacent to an activating group) is 2. The van der Waals surface area contributed by atoms with Crippen LogP contribution in [0.4, 0.5) is 5.82 Å². The van der Waals surface area contributed by atoms with Gasteiger partial charge in [-0.05, 0) is 19.2 Å². The third-order valence-electron chi connectivity index (χ3n) is 2.01. The van der Waals surface area contributed by atoms with Gasteiger partial charge in [-0.2, -0.15) is 5.26 Å². The Morgan fingerprint density at radius 2 is 2.13 bits per heavy atom. The highest BCUT2D eigenvalue weighted by molar-refractivity contribution is 14.1. The number of nitriles is 1. The molecule has 0 saturated carbocycles. The normalized spacial score (nSPS) is 10.1. The lowest BCUT2D eigenvalue weighted by atomic mass is 10.3. The van der Waals surface area contributed by atoms with Gasteiger partial charge in [0.2, 0.25) is 0 Å². The van der Waals surface area contributed by atoms with Crippen molar-refractivity contribution in [3.05, 3.63) is 23.9 Å². The Morgan fingerprint density at radius 1 is 1.40 bits per heavy atom. The number of hydrogen-bond acceptors (Lipinski definition) is 4. The minimum atomic E-state index is 0.596. The van der Waals surface area contributed by atoms with Crippen molar-refractivity contribution in [3.8, 4) is 6.07 Å². The van der Waals surface area contributed by atoms with Crippen LogP contribution in [0.15, 0.2) is 18.3 Å². The number of hydrogen-bond donors (Lipinski definition) is 0. The maximum absolute atomic E-state index is 8.63. The van der Waals surface area contributed by atoms with Crippen molar-refractivity contribution in [2.24, 2.45) is 0 Å². The second-order valence-electron chi connectivity index (χ2n) is 3.27. The van der Waals surface area contributed by atoms with Crippen LogP contribution in [0.3, 0.4) is 0 Å². The van der Waals surface area contributed by atoms with Crippen molar-refractivity contribution >= 4 is 28.7 Å². The molecule has 0 aliphatic heterocycles. The zero-order valence-electron chi connectivity index (χ0n) is 8.81. The molecule has 1 rings (SSSR count). The molecule has 0 radical (unpaired) electrons. The molecule has 0 aromatic carbocycles. The number of rotatable bonds is 4. The maximum Gasteiger partial charge on any atom is 0.128 e. The lowest BCUT2D eigenvalue weighted by molar-refractivity contribution is 0.606. The summed E-state index contributed by atoms with van der Waals surface area (Å²) >= 11 is 2.25. The molecule has 0 fully saturated rings. The monoisotopic (exact) mass is 316 g/mol. The largest absolute Gasteiger partial charge is 0.358 e. The van der Waals surface area contributed by atoms with Crippen LogP contribution in [0.1, 0.15) is 5.56 Å². The Morgan fingerprint density at radius 3 is 2.60 bits per heavy atom. The van der Waals surface area contributed by atoms with Gasteiger partial charge in [0, 0.05) is 49.2 Å². The lowest BCUT2D eigenvalue weighted by Crippen LogP contribution is -2.26. The van der Waals surface area contributed by atoms with Gasteiger partial charge in [0.15, 0.2) is 0 Å². The average Bonchev–Trinajstić information content (AvgIpc) is 2.26. The molecule has 0 spiro atoms. The van der Waals surface area contributed by atoms with E-state index >= 15 is 0 Å². The molecule has 1 heterocycles. The van der Waals surface area contributed by atoms with Crippen LogP contribution in [-0.2, 0) is 0 Å². The third-order valence-corrected chi connectivity index (χ3v) is 2.49. The van der Waals surface area contributed by atoms with Gasteiger partial charge in [0.1, 0.15) is 11.9 Å². The summed E-state index contributed by atoms with van der Waals surface area (Å²) in [6, 6.07) is 5.70. The second kappa shape index (κ2) is 5.88. The average molecular weight is 316 g/mol. The van der Waals surface area contributed by atoms with Gasteiger partial charge in [-0.1, -0.05) is 0 Å². The Balaban J connectivity index is 2.58. The van der Waals surface area contributed by atoms with Gasteiger partial charge in [0.25, 0.3) is 0 Å². The molecule has 1 aromatic heterocycles. The second-order valence-corrected chi connectivity index (χ2v) is 4.91. The predicted octanol–water partition coefficient (Wildman–Crippen LogP) is 1.67. The molecular weight excluding hydrogens is 303 g/mol. The quantitative estimate of drug-likeness (QED) is 0.626. The van der Waals surface area contributed by atoms with Gasteiger partial charge in [-0.15, -0.1) is 0 Å². The standard InChI is InChI=1S/C10H13IN4/c1-14(5-6-15(2)11)10-4-3-9(7-12)8-13-10/h3-4,8H,5-6H2,1-2H3. The molecule has 0 aliphatic rings. The summed E-state index contributed by atoms with van der Waals surface area (Å²) in [6.45, 7) is 1.89. The zero-order valence-corrected chi connectivity index (χ0v) is 11.0. The fourth-order valence-electron chi connectivity index (χ4n) is 1.08. The molecule has 0 unspecified atom stereocenters. The van der Waals surface area contributed by atoms with Crippen molar-refractivity contribution in [2.45, 2.75) is 0 Å². The van der Waals surface area contributed by atoms with E-state index in [0.29, 0.717) is 5.56 Å². The summed E-state index contributed by atoms with van der Waals surface area (Å²) in [5.41, 5.74) is 0.596. The first-order valence-corrected chi connectivity index (χ1v) is 5.54. The first kappa shape index (κ1) is 12.2. The zero-order chi connectivity index (χ0) is 11.3. The van der Waals surface area contributed by atoms with Gasteiger partial charge < -0.3 is 4.90 Å². The Kier molecular flexibility index (Phi) is 4.78. The van der Waals surface area contributed by atoms with E-state index in [-0.39, 0.29) is 0 Å². The van der Waals surface area contributed by atoms with Gasteiger partial charge in [0.05, 0.1) is 5.56 Å². The fraction of sp³-hybridized carbons (Fsp3) is 0.400. The van der Waals surface area contributed by atoms with Crippen LogP contribution in [0, 0.1) is 11.3 Å². The topological polar surface area (TPSA) is 43.2 Å². The molecule has 0 aliphatic carbocycles. The summed E-state index contributed by atoms with van der Waals surface area (Å²) in [4.78, 5) is 6.28. The lowest BCUT2D eigenvalue weighted by Gasteiger charge is -2.19. The summed E-state index contributed by atoms with van der Waals surface area (Å²) < 4.78 is 2.10. The first-order valence-electron chi connectivity index (χ1n) is 4.57. The van der Waals surface area contributed by atoms with E-state index in [1.807, 2.05) is 20.2 Å². The van der Waals surface area contributed by atoms with E-state index in [4.69, 9.17) is 5.26 Å². The van der Waals surface area contributed by atoms with E-state index in [0.717, 1.165) is 18.9 Å². The highest BCUT2D eigenvalue weighted by Crippen LogP contribution is 2.09.